The topological polar surface area (TPSA) is 46.3 Å². The molecule has 0 spiro atoms. The molecule has 0 aliphatic carbocycles. The number of nitrogens with two attached hydrogens (primary N) is 1. The molecule has 1 aliphatic heterocycles. The molecule has 1 saturated heterocycles. The Balaban J connectivity index is 2.31. The summed E-state index contributed by atoms with van der Waals surface area (Å²) in [5.74, 6) is -1.31. The van der Waals surface area contributed by atoms with Gasteiger partial charge in [0.05, 0.1) is 0 Å². The first-order valence-electron chi connectivity index (χ1n) is 6.03. The number of rotatable bonds is 3. The molecule has 3 nitrogen and oxygen atoms in total. The van der Waals surface area contributed by atoms with Gasteiger partial charge in [-0.15, -0.1) is 0 Å². The molecule has 1 aromatic rings. The zero-order chi connectivity index (χ0) is 14.1. The van der Waals surface area contributed by atoms with E-state index in [9.17, 15) is 18.0 Å². The Bertz CT molecular complexity index is 461. The lowest BCUT2D eigenvalue weighted by Gasteiger charge is -2.37. The van der Waals surface area contributed by atoms with Crippen LogP contribution in [0.4, 0.5) is 13.2 Å². The molecule has 1 fully saturated rings. The summed E-state index contributed by atoms with van der Waals surface area (Å²) in [5, 5.41) is 0. The number of carbonyl (C=O) groups excluding carboxylic acids is 1. The van der Waals surface area contributed by atoms with Crippen molar-refractivity contribution in [2.75, 3.05) is 6.54 Å². The van der Waals surface area contributed by atoms with E-state index in [4.69, 9.17) is 5.73 Å². The SMILES string of the molecule is NC(=O)[C@]1(C(F)(F)F)CCCN1Cc1ccccc1. The number of primary amides is 1. The molecule has 1 aromatic carbocycles. The molecule has 2 N–H and O–H groups in total. The number of alkyl halides is 3. The molecule has 1 heterocycles. The minimum absolute atomic E-state index is 0.0727. The fraction of sp³-hybridized carbons (Fsp3) is 0.462. The number of halogens is 3. The second-order valence-corrected chi connectivity index (χ2v) is 4.73. The molecule has 0 saturated carbocycles. The molecule has 0 aromatic heterocycles. The van der Waals surface area contributed by atoms with Crippen LogP contribution < -0.4 is 5.73 Å². The molecule has 2 rings (SSSR count). The lowest BCUT2D eigenvalue weighted by molar-refractivity contribution is -0.221. The Morgan fingerprint density at radius 1 is 1.32 bits per heavy atom. The van der Waals surface area contributed by atoms with Gasteiger partial charge in [-0.1, -0.05) is 30.3 Å². The Kier molecular flexibility index (Phi) is 3.54. The van der Waals surface area contributed by atoms with Gasteiger partial charge in [0.25, 0.3) is 0 Å². The second kappa shape index (κ2) is 4.85. The van der Waals surface area contributed by atoms with E-state index in [0.717, 1.165) is 10.5 Å². The number of likely N-dealkylation sites (tertiary alicyclic amines) is 1. The number of carbonyl (C=O) groups is 1. The minimum Gasteiger partial charge on any atom is -0.368 e. The summed E-state index contributed by atoms with van der Waals surface area (Å²) in [5.41, 5.74) is 3.27. The lowest BCUT2D eigenvalue weighted by Crippen LogP contribution is -2.62. The third-order valence-electron chi connectivity index (χ3n) is 3.60. The summed E-state index contributed by atoms with van der Waals surface area (Å²) in [7, 11) is 0. The van der Waals surface area contributed by atoms with E-state index in [0.29, 0.717) is 6.42 Å². The van der Waals surface area contributed by atoms with Crippen molar-refractivity contribution in [2.45, 2.75) is 31.1 Å². The third kappa shape index (κ3) is 2.32. The highest BCUT2D eigenvalue weighted by molar-refractivity contribution is 5.86. The van der Waals surface area contributed by atoms with Crippen LogP contribution >= 0.6 is 0 Å². The van der Waals surface area contributed by atoms with E-state index in [1.807, 2.05) is 0 Å². The van der Waals surface area contributed by atoms with Crippen LogP contribution in [0.1, 0.15) is 18.4 Å². The predicted octanol–water partition coefficient (Wildman–Crippen LogP) is 2.07. The van der Waals surface area contributed by atoms with Gasteiger partial charge in [-0.3, -0.25) is 9.69 Å². The highest BCUT2D eigenvalue weighted by Gasteiger charge is 2.64. The van der Waals surface area contributed by atoms with Gasteiger partial charge in [0.15, 0.2) is 5.54 Å². The molecule has 104 valence electrons. The van der Waals surface area contributed by atoms with Crippen molar-refractivity contribution >= 4 is 5.91 Å². The largest absolute Gasteiger partial charge is 0.415 e. The summed E-state index contributed by atoms with van der Waals surface area (Å²) in [6.07, 6.45) is -4.60. The van der Waals surface area contributed by atoms with Crippen molar-refractivity contribution in [3.8, 4) is 0 Å². The number of hydrogen-bond donors (Lipinski definition) is 1. The van der Waals surface area contributed by atoms with Crippen molar-refractivity contribution in [1.82, 2.24) is 4.90 Å². The maximum atomic E-state index is 13.3. The molecule has 0 bridgehead atoms. The van der Waals surface area contributed by atoms with Crippen LogP contribution in [0.5, 0.6) is 0 Å². The molecule has 1 atom stereocenters. The fourth-order valence-corrected chi connectivity index (χ4v) is 2.63. The van der Waals surface area contributed by atoms with Crippen LogP contribution in [-0.2, 0) is 11.3 Å². The van der Waals surface area contributed by atoms with Crippen LogP contribution in [0.15, 0.2) is 30.3 Å². The maximum absolute atomic E-state index is 13.3. The van der Waals surface area contributed by atoms with Crippen molar-refractivity contribution < 1.29 is 18.0 Å². The summed E-state index contributed by atoms with van der Waals surface area (Å²) in [4.78, 5) is 12.6. The van der Waals surface area contributed by atoms with E-state index in [1.54, 1.807) is 30.3 Å². The number of benzene rings is 1. The molecule has 0 radical (unpaired) electrons. The molecular formula is C13H15F3N2O. The van der Waals surface area contributed by atoms with Gasteiger partial charge in [-0.2, -0.15) is 13.2 Å². The Morgan fingerprint density at radius 3 is 2.47 bits per heavy atom. The van der Waals surface area contributed by atoms with Crippen LogP contribution in [-0.4, -0.2) is 29.1 Å². The monoisotopic (exact) mass is 272 g/mol. The minimum atomic E-state index is -4.65. The zero-order valence-corrected chi connectivity index (χ0v) is 10.3. The van der Waals surface area contributed by atoms with E-state index in [1.165, 1.54) is 0 Å². The van der Waals surface area contributed by atoms with Gasteiger partial charge in [0.1, 0.15) is 0 Å². The summed E-state index contributed by atoms with van der Waals surface area (Å²) in [6, 6.07) is 8.77. The van der Waals surface area contributed by atoms with E-state index in [-0.39, 0.29) is 19.5 Å². The summed E-state index contributed by atoms with van der Waals surface area (Å²) < 4.78 is 39.8. The van der Waals surface area contributed by atoms with E-state index < -0.39 is 17.6 Å². The highest BCUT2D eigenvalue weighted by Crippen LogP contribution is 2.43. The van der Waals surface area contributed by atoms with Crippen LogP contribution in [0.25, 0.3) is 0 Å². The molecule has 6 heteroatoms. The number of nitrogens with zero attached hydrogens (tertiary/aromatic N) is 1. The van der Waals surface area contributed by atoms with Gasteiger partial charge in [0.2, 0.25) is 5.91 Å². The molecule has 1 aliphatic rings. The van der Waals surface area contributed by atoms with Gasteiger partial charge in [-0.05, 0) is 24.9 Å². The standard InChI is InChI=1S/C13H15F3N2O/c14-13(15,16)12(11(17)19)7-4-8-18(12)9-10-5-2-1-3-6-10/h1-3,5-6H,4,7-9H2,(H2,17,19)/t12-/m0/s1. The highest BCUT2D eigenvalue weighted by atomic mass is 19.4. The summed E-state index contributed by atoms with van der Waals surface area (Å²) in [6.45, 7) is 0.292. The molecule has 19 heavy (non-hydrogen) atoms. The molecule has 0 unspecified atom stereocenters. The van der Waals surface area contributed by atoms with Crippen molar-refractivity contribution in [1.29, 1.82) is 0 Å². The average molecular weight is 272 g/mol. The number of hydrogen-bond acceptors (Lipinski definition) is 2. The Morgan fingerprint density at radius 2 is 1.95 bits per heavy atom. The number of amides is 1. The Labute approximate surface area is 109 Å². The predicted molar refractivity (Wildman–Crippen MR) is 64.1 cm³/mol. The first kappa shape index (κ1) is 13.9. The van der Waals surface area contributed by atoms with Crippen LogP contribution in [0.2, 0.25) is 0 Å². The van der Waals surface area contributed by atoms with Crippen molar-refractivity contribution in [2.24, 2.45) is 5.73 Å². The van der Waals surface area contributed by atoms with Gasteiger partial charge < -0.3 is 5.73 Å². The second-order valence-electron chi connectivity index (χ2n) is 4.73. The van der Waals surface area contributed by atoms with Gasteiger partial charge in [-0.25, -0.2) is 0 Å². The van der Waals surface area contributed by atoms with Crippen molar-refractivity contribution in [3.05, 3.63) is 35.9 Å². The van der Waals surface area contributed by atoms with E-state index in [2.05, 4.69) is 0 Å². The zero-order valence-electron chi connectivity index (χ0n) is 10.3. The van der Waals surface area contributed by atoms with Gasteiger partial charge in [0, 0.05) is 6.54 Å². The van der Waals surface area contributed by atoms with Crippen LogP contribution in [0.3, 0.4) is 0 Å². The molecular weight excluding hydrogens is 257 g/mol. The average Bonchev–Trinajstić information content (AvgIpc) is 2.74. The van der Waals surface area contributed by atoms with Crippen molar-refractivity contribution in [3.63, 3.8) is 0 Å². The third-order valence-corrected chi connectivity index (χ3v) is 3.60. The van der Waals surface area contributed by atoms with Gasteiger partial charge >= 0.3 is 6.18 Å². The molecule has 1 amide bonds. The van der Waals surface area contributed by atoms with E-state index >= 15 is 0 Å². The maximum Gasteiger partial charge on any atom is 0.415 e. The first-order valence-corrected chi connectivity index (χ1v) is 6.03. The summed E-state index contributed by atoms with van der Waals surface area (Å²) >= 11 is 0. The normalized spacial score (nSPS) is 24.6. The Hall–Kier alpha value is -1.56. The smallest absolute Gasteiger partial charge is 0.368 e. The first-order chi connectivity index (χ1) is 8.88. The van der Waals surface area contributed by atoms with Crippen LogP contribution in [0, 0.1) is 0 Å². The fourth-order valence-electron chi connectivity index (χ4n) is 2.63. The lowest BCUT2D eigenvalue weighted by atomic mass is 9.94. The quantitative estimate of drug-likeness (QED) is 0.915.